The van der Waals surface area contributed by atoms with Crippen LogP contribution in [0.5, 0.6) is 0 Å². The van der Waals surface area contributed by atoms with E-state index < -0.39 is 0 Å². The van der Waals surface area contributed by atoms with Crippen LogP contribution >= 0.6 is 0 Å². The van der Waals surface area contributed by atoms with E-state index in [1.807, 2.05) is 0 Å². The van der Waals surface area contributed by atoms with Gasteiger partial charge >= 0.3 is 0 Å². The Kier molecular flexibility index (Phi) is 4.82. The molecule has 0 aliphatic carbocycles. The highest BCUT2D eigenvalue weighted by Crippen LogP contribution is 1.96. The number of nitrogens with one attached hydrogen (secondary N) is 1. The van der Waals surface area contributed by atoms with Crippen LogP contribution in [0.3, 0.4) is 0 Å². The highest BCUT2D eigenvalue weighted by Gasteiger charge is 2.12. The summed E-state index contributed by atoms with van der Waals surface area (Å²) >= 11 is 0. The summed E-state index contributed by atoms with van der Waals surface area (Å²) in [5, 5.41) is 3.47. The summed E-state index contributed by atoms with van der Waals surface area (Å²) < 4.78 is 10.6. The number of hydrogen-bond donors (Lipinski definition) is 1. The maximum Gasteiger partial charge on any atom is 0.0594 e. The fraction of sp³-hybridized carbons (Fsp3) is 1.00. The molecule has 0 amide bonds. The number of nitrogens with zero attached hydrogens (tertiary/aromatic N) is 2. The number of ether oxygens (including phenoxy) is 2. The Morgan fingerprint density at radius 1 is 0.733 bits per heavy atom. The molecule has 0 bridgehead atoms. The van der Waals surface area contributed by atoms with E-state index in [9.17, 15) is 0 Å². The van der Waals surface area contributed by atoms with Crippen LogP contribution in [0.2, 0.25) is 0 Å². The van der Waals surface area contributed by atoms with Crippen LogP contribution in [-0.2, 0) is 9.47 Å². The van der Waals surface area contributed by atoms with Gasteiger partial charge in [-0.05, 0) is 0 Å². The van der Waals surface area contributed by atoms with Crippen LogP contribution in [0.1, 0.15) is 0 Å². The summed E-state index contributed by atoms with van der Waals surface area (Å²) in [6.07, 6.45) is 0. The monoisotopic (exact) mass is 215 g/mol. The van der Waals surface area contributed by atoms with Gasteiger partial charge in [0.1, 0.15) is 0 Å². The largest absolute Gasteiger partial charge is 0.379 e. The van der Waals surface area contributed by atoms with Crippen molar-refractivity contribution in [1.29, 1.82) is 0 Å². The molecule has 88 valence electrons. The number of rotatable bonds is 4. The Balaban J connectivity index is 1.53. The lowest BCUT2D eigenvalue weighted by Gasteiger charge is -2.30. The molecule has 2 heterocycles. The molecule has 2 aliphatic rings. The third kappa shape index (κ3) is 4.04. The molecular formula is C10H21N3O2. The summed E-state index contributed by atoms with van der Waals surface area (Å²) in [6, 6.07) is 0. The molecule has 0 saturated carbocycles. The van der Waals surface area contributed by atoms with Gasteiger partial charge in [-0.2, -0.15) is 0 Å². The second-order valence-corrected chi connectivity index (χ2v) is 4.03. The van der Waals surface area contributed by atoms with Crippen molar-refractivity contribution in [2.45, 2.75) is 0 Å². The van der Waals surface area contributed by atoms with Crippen molar-refractivity contribution in [1.82, 2.24) is 15.1 Å². The van der Waals surface area contributed by atoms with Crippen LogP contribution in [-0.4, -0.2) is 75.7 Å². The van der Waals surface area contributed by atoms with Gasteiger partial charge in [0.15, 0.2) is 0 Å². The highest BCUT2D eigenvalue weighted by molar-refractivity contribution is 4.63. The Morgan fingerprint density at radius 2 is 1.13 bits per heavy atom. The normalized spacial score (nSPS) is 25.6. The molecule has 0 unspecified atom stereocenters. The molecule has 0 aromatic heterocycles. The van der Waals surface area contributed by atoms with Crippen molar-refractivity contribution in [3.63, 3.8) is 0 Å². The molecule has 2 saturated heterocycles. The number of morpholine rings is 2. The third-order valence-electron chi connectivity index (χ3n) is 2.88. The molecule has 2 aliphatic heterocycles. The zero-order valence-corrected chi connectivity index (χ0v) is 9.28. The van der Waals surface area contributed by atoms with E-state index >= 15 is 0 Å². The standard InChI is InChI=1S/C10H21N3O2/c1-5-14-6-2-12(1)9-11-10-13-3-7-15-8-4-13/h11H,1-10H2. The van der Waals surface area contributed by atoms with Crippen molar-refractivity contribution < 1.29 is 9.47 Å². The zero-order chi connectivity index (χ0) is 10.3. The summed E-state index contributed by atoms with van der Waals surface area (Å²) in [7, 11) is 0. The quantitative estimate of drug-likeness (QED) is 0.661. The molecule has 1 N–H and O–H groups in total. The minimum absolute atomic E-state index is 0.874. The Hall–Kier alpha value is -0.200. The van der Waals surface area contributed by atoms with Gasteiger partial charge in [0.2, 0.25) is 0 Å². The van der Waals surface area contributed by atoms with Crippen LogP contribution in [0.15, 0.2) is 0 Å². The van der Waals surface area contributed by atoms with E-state index in [1.165, 1.54) is 0 Å². The topological polar surface area (TPSA) is 37.0 Å². The molecular weight excluding hydrogens is 194 g/mol. The summed E-state index contributed by atoms with van der Waals surface area (Å²) in [4.78, 5) is 4.79. The zero-order valence-electron chi connectivity index (χ0n) is 9.28. The Labute approximate surface area is 91.3 Å². The summed E-state index contributed by atoms with van der Waals surface area (Å²) in [6.45, 7) is 9.65. The van der Waals surface area contributed by atoms with Gasteiger partial charge in [-0.3, -0.25) is 15.1 Å². The van der Waals surface area contributed by atoms with Crippen molar-refractivity contribution in [3.05, 3.63) is 0 Å². The van der Waals surface area contributed by atoms with Gasteiger partial charge in [-0.1, -0.05) is 0 Å². The minimum atomic E-state index is 0.874. The maximum absolute atomic E-state index is 5.30. The summed E-state index contributed by atoms with van der Waals surface area (Å²) in [5.41, 5.74) is 0. The van der Waals surface area contributed by atoms with Crippen molar-refractivity contribution in [3.8, 4) is 0 Å². The van der Waals surface area contributed by atoms with Crippen molar-refractivity contribution in [2.24, 2.45) is 0 Å². The minimum Gasteiger partial charge on any atom is -0.379 e. The molecule has 0 atom stereocenters. The van der Waals surface area contributed by atoms with Gasteiger partial charge in [0, 0.05) is 39.5 Å². The van der Waals surface area contributed by atoms with Gasteiger partial charge in [0.25, 0.3) is 0 Å². The SMILES string of the molecule is C1CN(CNCN2CCOCC2)CCO1. The first kappa shape index (κ1) is 11.3. The maximum atomic E-state index is 5.30. The molecule has 2 fully saturated rings. The Morgan fingerprint density at radius 3 is 1.53 bits per heavy atom. The van der Waals surface area contributed by atoms with Crippen molar-refractivity contribution in [2.75, 3.05) is 65.9 Å². The Bertz CT molecular complexity index is 150. The van der Waals surface area contributed by atoms with Gasteiger partial charge in [-0.15, -0.1) is 0 Å². The molecule has 0 radical (unpaired) electrons. The van der Waals surface area contributed by atoms with E-state index in [2.05, 4.69) is 15.1 Å². The lowest BCUT2D eigenvalue weighted by Crippen LogP contribution is -2.47. The van der Waals surface area contributed by atoms with E-state index in [1.54, 1.807) is 0 Å². The molecule has 0 aromatic rings. The van der Waals surface area contributed by atoms with Crippen LogP contribution in [0.4, 0.5) is 0 Å². The first-order chi connectivity index (χ1) is 7.45. The molecule has 5 nitrogen and oxygen atoms in total. The average Bonchev–Trinajstić information content (AvgIpc) is 2.32. The second-order valence-electron chi connectivity index (χ2n) is 4.03. The average molecular weight is 215 g/mol. The molecule has 15 heavy (non-hydrogen) atoms. The van der Waals surface area contributed by atoms with Gasteiger partial charge in [-0.25, -0.2) is 0 Å². The lowest BCUT2D eigenvalue weighted by atomic mass is 10.4. The van der Waals surface area contributed by atoms with E-state index in [0.717, 1.165) is 65.9 Å². The first-order valence-corrected chi connectivity index (χ1v) is 5.76. The molecule has 2 rings (SSSR count). The van der Waals surface area contributed by atoms with Crippen molar-refractivity contribution >= 4 is 0 Å². The second kappa shape index (κ2) is 6.40. The van der Waals surface area contributed by atoms with Crippen LogP contribution in [0.25, 0.3) is 0 Å². The summed E-state index contributed by atoms with van der Waals surface area (Å²) in [5.74, 6) is 0. The smallest absolute Gasteiger partial charge is 0.0594 e. The lowest BCUT2D eigenvalue weighted by molar-refractivity contribution is 0.0183. The fourth-order valence-corrected chi connectivity index (χ4v) is 1.88. The van der Waals surface area contributed by atoms with Crippen LogP contribution < -0.4 is 5.32 Å². The van der Waals surface area contributed by atoms with E-state index in [-0.39, 0.29) is 0 Å². The first-order valence-electron chi connectivity index (χ1n) is 5.76. The fourth-order valence-electron chi connectivity index (χ4n) is 1.88. The predicted octanol–water partition coefficient (Wildman–Crippen LogP) is -0.845. The van der Waals surface area contributed by atoms with Gasteiger partial charge in [0.05, 0.1) is 26.4 Å². The highest BCUT2D eigenvalue weighted by atomic mass is 16.5. The third-order valence-corrected chi connectivity index (χ3v) is 2.88. The molecule has 5 heteroatoms. The van der Waals surface area contributed by atoms with E-state index in [4.69, 9.17) is 9.47 Å². The van der Waals surface area contributed by atoms with Crippen LogP contribution in [0, 0.1) is 0 Å². The van der Waals surface area contributed by atoms with E-state index in [0.29, 0.717) is 0 Å². The molecule has 0 spiro atoms. The molecule has 0 aromatic carbocycles. The number of hydrogen-bond acceptors (Lipinski definition) is 5. The predicted molar refractivity (Wildman–Crippen MR) is 57.7 cm³/mol. The van der Waals surface area contributed by atoms with Gasteiger partial charge < -0.3 is 9.47 Å².